The van der Waals surface area contributed by atoms with Crippen LogP contribution in [-0.2, 0) is 9.53 Å². The van der Waals surface area contributed by atoms with Crippen LogP contribution in [0.5, 0.6) is 0 Å². The molecule has 3 heteroatoms. The summed E-state index contributed by atoms with van der Waals surface area (Å²) in [6, 6.07) is 0. The van der Waals surface area contributed by atoms with Crippen LogP contribution in [0.2, 0.25) is 0 Å². The lowest BCUT2D eigenvalue weighted by molar-refractivity contribution is -0.124. The summed E-state index contributed by atoms with van der Waals surface area (Å²) in [5.74, 6) is 0.836. The van der Waals surface area contributed by atoms with E-state index in [2.05, 4.69) is 19.2 Å². The fourth-order valence-electron chi connectivity index (χ4n) is 0.872. The summed E-state index contributed by atoms with van der Waals surface area (Å²) in [5, 5.41) is 2.81. The zero-order chi connectivity index (χ0) is 11.0. The van der Waals surface area contributed by atoms with Crippen LogP contribution < -0.4 is 5.32 Å². The fraction of sp³-hybridized carbons (Fsp3) is 0.909. The van der Waals surface area contributed by atoms with E-state index in [1.54, 1.807) is 0 Å². The number of rotatable bonds is 7. The summed E-state index contributed by atoms with van der Waals surface area (Å²) in [6.45, 7) is 10.1. The van der Waals surface area contributed by atoms with Crippen LogP contribution in [0.4, 0.5) is 0 Å². The van der Waals surface area contributed by atoms with Gasteiger partial charge in [-0.1, -0.05) is 27.7 Å². The normalized spacial score (nSPS) is 11.0. The van der Waals surface area contributed by atoms with E-state index in [4.69, 9.17) is 4.74 Å². The Balaban J connectivity index is 3.18. The number of amides is 1. The standard InChI is InChI=1S/C11H23NO2/c1-9(2)5-7-14-8-6-12-11(13)10(3)4/h9-10H,5-8H2,1-4H3,(H,12,13). The van der Waals surface area contributed by atoms with E-state index < -0.39 is 0 Å². The van der Waals surface area contributed by atoms with Gasteiger partial charge in [-0.05, 0) is 12.3 Å². The predicted octanol–water partition coefficient (Wildman–Crippen LogP) is 1.82. The summed E-state index contributed by atoms with van der Waals surface area (Å²) in [5.41, 5.74) is 0. The molecule has 84 valence electrons. The topological polar surface area (TPSA) is 38.3 Å². The molecule has 0 spiro atoms. The minimum Gasteiger partial charge on any atom is -0.380 e. The number of hydrogen-bond acceptors (Lipinski definition) is 2. The molecule has 3 nitrogen and oxygen atoms in total. The summed E-state index contributed by atoms with van der Waals surface area (Å²) in [7, 11) is 0. The smallest absolute Gasteiger partial charge is 0.222 e. The van der Waals surface area contributed by atoms with Crippen LogP contribution in [0, 0.1) is 11.8 Å². The SMILES string of the molecule is CC(C)CCOCCNC(=O)C(C)C. The first-order chi connectivity index (χ1) is 6.54. The molecule has 1 N–H and O–H groups in total. The molecular formula is C11H23NO2. The lowest BCUT2D eigenvalue weighted by Gasteiger charge is -2.09. The maximum absolute atomic E-state index is 11.1. The second-order valence-corrected chi connectivity index (χ2v) is 4.24. The molecule has 0 atom stereocenters. The van der Waals surface area contributed by atoms with E-state index in [1.165, 1.54) is 0 Å². The van der Waals surface area contributed by atoms with Crippen molar-refractivity contribution in [3.05, 3.63) is 0 Å². The molecule has 0 radical (unpaired) electrons. The Morgan fingerprint density at radius 1 is 1.21 bits per heavy atom. The summed E-state index contributed by atoms with van der Waals surface area (Å²) >= 11 is 0. The molecule has 0 aromatic heterocycles. The van der Waals surface area contributed by atoms with Gasteiger partial charge in [0.05, 0.1) is 6.61 Å². The Morgan fingerprint density at radius 2 is 1.86 bits per heavy atom. The highest BCUT2D eigenvalue weighted by atomic mass is 16.5. The van der Waals surface area contributed by atoms with Gasteiger partial charge in [-0.25, -0.2) is 0 Å². The molecule has 1 amide bonds. The van der Waals surface area contributed by atoms with Gasteiger partial charge in [-0.3, -0.25) is 4.79 Å². The second kappa shape index (κ2) is 7.80. The van der Waals surface area contributed by atoms with Crippen molar-refractivity contribution in [3.63, 3.8) is 0 Å². The van der Waals surface area contributed by atoms with Crippen LogP contribution in [-0.4, -0.2) is 25.7 Å². The quantitative estimate of drug-likeness (QED) is 0.638. The minimum atomic E-state index is 0.0608. The van der Waals surface area contributed by atoms with Gasteiger partial charge in [-0.2, -0.15) is 0 Å². The average Bonchev–Trinajstić information content (AvgIpc) is 2.09. The number of hydrogen-bond donors (Lipinski definition) is 1. The van der Waals surface area contributed by atoms with Gasteiger partial charge >= 0.3 is 0 Å². The molecule has 0 rings (SSSR count). The molecule has 0 heterocycles. The Morgan fingerprint density at radius 3 is 2.36 bits per heavy atom. The van der Waals surface area contributed by atoms with Crippen molar-refractivity contribution in [2.24, 2.45) is 11.8 Å². The molecule has 0 bridgehead atoms. The largest absolute Gasteiger partial charge is 0.380 e. The molecule has 14 heavy (non-hydrogen) atoms. The Kier molecular flexibility index (Phi) is 7.48. The van der Waals surface area contributed by atoms with Crippen molar-refractivity contribution in [1.29, 1.82) is 0 Å². The van der Waals surface area contributed by atoms with E-state index in [-0.39, 0.29) is 11.8 Å². The molecule has 0 aliphatic heterocycles. The molecule has 0 aromatic carbocycles. The molecule has 0 saturated carbocycles. The third-order valence-electron chi connectivity index (χ3n) is 1.91. The van der Waals surface area contributed by atoms with Crippen molar-refractivity contribution < 1.29 is 9.53 Å². The summed E-state index contributed by atoms with van der Waals surface area (Å²) in [4.78, 5) is 11.1. The first kappa shape index (κ1) is 13.4. The summed E-state index contributed by atoms with van der Waals surface area (Å²) in [6.07, 6.45) is 1.08. The monoisotopic (exact) mass is 201 g/mol. The number of carbonyl (C=O) groups is 1. The van der Waals surface area contributed by atoms with Gasteiger partial charge in [0.2, 0.25) is 5.91 Å². The molecule has 0 unspecified atom stereocenters. The number of nitrogens with one attached hydrogen (secondary N) is 1. The molecule has 0 saturated heterocycles. The van der Waals surface area contributed by atoms with Gasteiger partial charge in [0.15, 0.2) is 0 Å². The van der Waals surface area contributed by atoms with E-state index in [0.29, 0.717) is 19.1 Å². The lowest BCUT2D eigenvalue weighted by atomic mass is 10.1. The third kappa shape index (κ3) is 8.05. The zero-order valence-corrected chi connectivity index (χ0v) is 9.80. The van der Waals surface area contributed by atoms with Crippen molar-refractivity contribution >= 4 is 5.91 Å². The highest BCUT2D eigenvalue weighted by Gasteiger charge is 2.04. The van der Waals surface area contributed by atoms with E-state index in [9.17, 15) is 4.79 Å². The minimum absolute atomic E-state index is 0.0608. The maximum atomic E-state index is 11.1. The zero-order valence-electron chi connectivity index (χ0n) is 9.80. The van der Waals surface area contributed by atoms with Gasteiger partial charge in [-0.15, -0.1) is 0 Å². The van der Waals surface area contributed by atoms with Gasteiger partial charge in [0.25, 0.3) is 0 Å². The van der Waals surface area contributed by atoms with Crippen LogP contribution >= 0.6 is 0 Å². The highest BCUT2D eigenvalue weighted by Crippen LogP contribution is 1.98. The Labute approximate surface area is 87.2 Å². The van der Waals surface area contributed by atoms with E-state index >= 15 is 0 Å². The predicted molar refractivity (Wildman–Crippen MR) is 58.1 cm³/mol. The maximum Gasteiger partial charge on any atom is 0.222 e. The highest BCUT2D eigenvalue weighted by molar-refractivity contribution is 5.77. The van der Waals surface area contributed by atoms with Gasteiger partial charge in [0, 0.05) is 19.1 Å². The van der Waals surface area contributed by atoms with Gasteiger partial charge in [0.1, 0.15) is 0 Å². The van der Waals surface area contributed by atoms with Crippen molar-refractivity contribution in [3.8, 4) is 0 Å². The van der Waals surface area contributed by atoms with Crippen LogP contribution in [0.3, 0.4) is 0 Å². The van der Waals surface area contributed by atoms with Crippen molar-refractivity contribution in [2.45, 2.75) is 34.1 Å². The molecule has 0 aromatic rings. The average molecular weight is 201 g/mol. The first-order valence-electron chi connectivity index (χ1n) is 5.39. The van der Waals surface area contributed by atoms with Crippen molar-refractivity contribution in [1.82, 2.24) is 5.32 Å². The fourth-order valence-corrected chi connectivity index (χ4v) is 0.872. The first-order valence-corrected chi connectivity index (χ1v) is 5.39. The number of ether oxygens (including phenoxy) is 1. The van der Waals surface area contributed by atoms with Crippen LogP contribution in [0.1, 0.15) is 34.1 Å². The van der Waals surface area contributed by atoms with E-state index in [1.807, 2.05) is 13.8 Å². The molecule has 0 fully saturated rings. The second-order valence-electron chi connectivity index (χ2n) is 4.24. The Bertz CT molecular complexity index is 155. The molecular weight excluding hydrogens is 178 g/mol. The van der Waals surface area contributed by atoms with Crippen molar-refractivity contribution in [2.75, 3.05) is 19.8 Å². The van der Waals surface area contributed by atoms with Gasteiger partial charge < -0.3 is 10.1 Å². The van der Waals surface area contributed by atoms with Crippen LogP contribution in [0.15, 0.2) is 0 Å². The number of carbonyl (C=O) groups excluding carboxylic acids is 1. The third-order valence-corrected chi connectivity index (χ3v) is 1.91. The molecule has 0 aliphatic rings. The molecule has 0 aliphatic carbocycles. The summed E-state index contributed by atoms with van der Waals surface area (Å²) < 4.78 is 5.36. The van der Waals surface area contributed by atoms with E-state index in [0.717, 1.165) is 13.0 Å². The Hall–Kier alpha value is -0.570. The van der Waals surface area contributed by atoms with Crippen LogP contribution in [0.25, 0.3) is 0 Å². The lowest BCUT2D eigenvalue weighted by Crippen LogP contribution is -2.30.